The number of nitrogens with one attached hydrogen (secondary N) is 1. The molecular weight excluding hydrogens is 322 g/mol. The predicted molar refractivity (Wildman–Crippen MR) is 105 cm³/mol. The Hall–Kier alpha value is -3.07. The van der Waals surface area contributed by atoms with E-state index in [1.165, 1.54) is 11.1 Å². The van der Waals surface area contributed by atoms with Crippen LogP contribution in [0.5, 0.6) is 0 Å². The van der Waals surface area contributed by atoms with Gasteiger partial charge >= 0.3 is 0 Å². The molecule has 0 spiro atoms. The molecule has 0 saturated carbocycles. The molecule has 1 heterocycles. The smallest absolute Gasteiger partial charge is 0.252 e. The fraction of sp³-hybridized carbons (Fsp3) is 0.174. The van der Waals surface area contributed by atoms with Crippen LogP contribution in [0, 0.1) is 13.8 Å². The van der Waals surface area contributed by atoms with Crippen LogP contribution < -0.4 is 5.32 Å². The molecule has 3 heteroatoms. The van der Waals surface area contributed by atoms with Crippen molar-refractivity contribution in [3.63, 3.8) is 0 Å². The molecule has 0 bridgehead atoms. The molecule has 0 unspecified atom stereocenters. The Bertz CT molecular complexity index is 909. The van der Waals surface area contributed by atoms with Crippen molar-refractivity contribution in [2.24, 2.45) is 0 Å². The number of furan rings is 1. The van der Waals surface area contributed by atoms with Crippen molar-refractivity contribution in [3.8, 4) is 0 Å². The molecule has 2 aromatic carbocycles. The van der Waals surface area contributed by atoms with Crippen LogP contribution in [0.15, 0.2) is 71.3 Å². The summed E-state index contributed by atoms with van der Waals surface area (Å²) in [5, 5.41) is 3.10. The van der Waals surface area contributed by atoms with Gasteiger partial charge in [-0.05, 0) is 61.2 Å². The van der Waals surface area contributed by atoms with Crippen molar-refractivity contribution < 1.29 is 9.21 Å². The van der Waals surface area contributed by atoms with E-state index in [1.54, 1.807) is 12.3 Å². The lowest BCUT2D eigenvalue weighted by atomic mass is 10.0. The molecule has 0 saturated heterocycles. The summed E-state index contributed by atoms with van der Waals surface area (Å²) in [7, 11) is 0. The van der Waals surface area contributed by atoms with E-state index >= 15 is 0 Å². The highest BCUT2D eigenvalue weighted by atomic mass is 16.3. The minimum Gasteiger partial charge on any atom is -0.465 e. The fourth-order valence-corrected chi connectivity index (χ4v) is 2.81. The van der Waals surface area contributed by atoms with Crippen molar-refractivity contribution >= 4 is 17.6 Å². The van der Waals surface area contributed by atoms with Crippen molar-refractivity contribution in [3.05, 3.63) is 94.9 Å². The summed E-state index contributed by atoms with van der Waals surface area (Å²) in [6.45, 7) is 6.17. The maximum absolute atomic E-state index is 13.0. The average Bonchev–Trinajstić information content (AvgIpc) is 3.16. The van der Waals surface area contributed by atoms with Gasteiger partial charge in [-0.1, -0.05) is 48.5 Å². The van der Waals surface area contributed by atoms with Gasteiger partial charge < -0.3 is 9.73 Å². The molecule has 0 aliphatic rings. The quantitative estimate of drug-likeness (QED) is 0.636. The van der Waals surface area contributed by atoms with Gasteiger partial charge in [0.05, 0.1) is 17.9 Å². The minimum absolute atomic E-state index is 0.0921. The molecule has 1 N–H and O–H groups in total. The zero-order valence-corrected chi connectivity index (χ0v) is 15.3. The molecule has 132 valence electrons. The lowest BCUT2D eigenvalue weighted by Crippen LogP contribution is -2.27. The van der Waals surface area contributed by atoms with Crippen LogP contribution in [0.25, 0.3) is 11.6 Å². The maximum atomic E-state index is 13.0. The van der Waals surface area contributed by atoms with E-state index in [9.17, 15) is 4.79 Å². The topological polar surface area (TPSA) is 42.2 Å². The number of carbonyl (C=O) groups excluding carboxylic acids is 1. The molecule has 3 rings (SSSR count). The van der Waals surface area contributed by atoms with Gasteiger partial charge in [-0.2, -0.15) is 0 Å². The highest BCUT2D eigenvalue weighted by Crippen LogP contribution is 2.22. The molecule has 0 fully saturated rings. The average molecular weight is 345 g/mol. The Morgan fingerprint density at radius 1 is 1.00 bits per heavy atom. The molecule has 26 heavy (non-hydrogen) atoms. The van der Waals surface area contributed by atoms with Gasteiger partial charge in [-0.3, -0.25) is 4.79 Å². The number of amides is 1. The predicted octanol–water partition coefficient (Wildman–Crippen LogP) is 5.31. The molecule has 1 atom stereocenters. The van der Waals surface area contributed by atoms with Crippen LogP contribution >= 0.6 is 0 Å². The van der Waals surface area contributed by atoms with Crippen LogP contribution in [-0.4, -0.2) is 5.91 Å². The number of rotatable bonds is 5. The summed E-state index contributed by atoms with van der Waals surface area (Å²) in [4.78, 5) is 13.0. The second-order valence-electron chi connectivity index (χ2n) is 6.48. The minimum atomic E-state index is -0.127. The van der Waals surface area contributed by atoms with E-state index < -0.39 is 0 Å². The number of aryl methyl sites for hydroxylation is 2. The van der Waals surface area contributed by atoms with Crippen molar-refractivity contribution in [2.45, 2.75) is 26.8 Å². The summed E-state index contributed by atoms with van der Waals surface area (Å²) < 4.78 is 5.40. The number of hydrogen-bond donors (Lipinski definition) is 1. The molecule has 3 nitrogen and oxygen atoms in total. The summed E-state index contributed by atoms with van der Waals surface area (Å²) in [6.07, 6.45) is 3.38. The molecule has 0 radical (unpaired) electrons. The van der Waals surface area contributed by atoms with Gasteiger partial charge in [0, 0.05) is 0 Å². The van der Waals surface area contributed by atoms with Crippen LogP contribution in [0.2, 0.25) is 0 Å². The monoisotopic (exact) mass is 345 g/mol. The maximum Gasteiger partial charge on any atom is 0.252 e. The standard InChI is InChI=1S/C23H23NO2/c1-16-11-12-20(14-17(16)2)18(3)24-23(25)22(15-21-10-7-13-26-21)19-8-5-4-6-9-19/h4-15,18H,1-3H3,(H,24,25)/b22-15+/t18-/m1/s1. The zero-order chi connectivity index (χ0) is 18.5. The summed E-state index contributed by atoms with van der Waals surface area (Å²) in [6, 6.07) is 19.5. The Balaban J connectivity index is 1.87. The third-order valence-electron chi connectivity index (χ3n) is 4.54. The third-order valence-corrected chi connectivity index (χ3v) is 4.54. The van der Waals surface area contributed by atoms with Crippen molar-refractivity contribution in [2.75, 3.05) is 0 Å². The van der Waals surface area contributed by atoms with E-state index in [1.807, 2.05) is 49.4 Å². The van der Waals surface area contributed by atoms with E-state index in [0.29, 0.717) is 11.3 Å². The Kier molecular flexibility index (Phi) is 5.37. The Morgan fingerprint density at radius 3 is 2.42 bits per heavy atom. The van der Waals surface area contributed by atoms with Gasteiger partial charge in [-0.25, -0.2) is 0 Å². The van der Waals surface area contributed by atoms with Gasteiger partial charge in [0.15, 0.2) is 0 Å². The first-order valence-corrected chi connectivity index (χ1v) is 8.73. The summed E-state index contributed by atoms with van der Waals surface area (Å²) in [5.74, 6) is 0.524. The molecule has 1 amide bonds. The van der Waals surface area contributed by atoms with Gasteiger partial charge in [0.2, 0.25) is 0 Å². The van der Waals surface area contributed by atoms with Crippen LogP contribution in [0.4, 0.5) is 0 Å². The molecule has 0 aliphatic heterocycles. The largest absolute Gasteiger partial charge is 0.465 e. The van der Waals surface area contributed by atoms with Crippen LogP contribution in [0.1, 0.15) is 41.0 Å². The van der Waals surface area contributed by atoms with Crippen LogP contribution in [-0.2, 0) is 4.79 Å². The van der Waals surface area contributed by atoms with Gasteiger partial charge in [0.1, 0.15) is 5.76 Å². The SMILES string of the molecule is Cc1ccc([C@@H](C)NC(=O)/C(=C/c2ccco2)c2ccccc2)cc1C. The first-order valence-electron chi connectivity index (χ1n) is 8.73. The third kappa shape index (κ3) is 4.12. The summed E-state index contributed by atoms with van der Waals surface area (Å²) >= 11 is 0. The molecule has 3 aromatic rings. The van der Waals surface area contributed by atoms with E-state index in [-0.39, 0.29) is 11.9 Å². The highest BCUT2D eigenvalue weighted by Gasteiger charge is 2.16. The molecule has 1 aromatic heterocycles. The Labute approximate surface area is 154 Å². The number of carbonyl (C=O) groups is 1. The normalized spacial score (nSPS) is 12.7. The van der Waals surface area contributed by atoms with Crippen LogP contribution in [0.3, 0.4) is 0 Å². The zero-order valence-electron chi connectivity index (χ0n) is 15.3. The van der Waals surface area contributed by atoms with E-state index in [2.05, 4.69) is 37.4 Å². The first-order chi connectivity index (χ1) is 12.5. The van der Waals surface area contributed by atoms with Gasteiger partial charge in [0.25, 0.3) is 5.91 Å². The second-order valence-corrected chi connectivity index (χ2v) is 6.48. The Morgan fingerprint density at radius 2 is 1.77 bits per heavy atom. The van der Waals surface area contributed by atoms with Crippen molar-refractivity contribution in [1.29, 1.82) is 0 Å². The first kappa shape index (κ1) is 17.7. The van der Waals surface area contributed by atoms with Gasteiger partial charge in [-0.15, -0.1) is 0 Å². The molecular formula is C23H23NO2. The lowest BCUT2D eigenvalue weighted by molar-refractivity contribution is -0.116. The highest BCUT2D eigenvalue weighted by molar-refractivity contribution is 6.24. The number of benzene rings is 2. The van der Waals surface area contributed by atoms with E-state index in [0.717, 1.165) is 11.1 Å². The fourth-order valence-electron chi connectivity index (χ4n) is 2.81. The number of hydrogen-bond acceptors (Lipinski definition) is 2. The van der Waals surface area contributed by atoms with Crippen molar-refractivity contribution in [1.82, 2.24) is 5.32 Å². The van der Waals surface area contributed by atoms with E-state index in [4.69, 9.17) is 4.42 Å². The summed E-state index contributed by atoms with van der Waals surface area (Å²) in [5.41, 5.74) is 4.99. The molecule has 0 aliphatic carbocycles. The lowest BCUT2D eigenvalue weighted by Gasteiger charge is -2.17. The second kappa shape index (κ2) is 7.87.